The zero-order valence-corrected chi connectivity index (χ0v) is 22.5. The Kier molecular flexibility index (Phi) is 7.17. The molecule has 0 saturated carbocycles. The van der Waals surface area contributed by atoms with Crippen molar-refractivity contribution in [3.8, 4) is 5.75 Å². The fraction of sp³-hybridized carbons (Fsp3) is 0.308. The fourth-order valence-electron chi connectivity index (χ4n) is 4.16. The molecule has 1 heterocycles. The number of thiophene rings is 1. The molecular formula is C26H26ClIN2O2S. The number of nitrogens with zero attached hydrogens (tertiary/aromatic N) is 1. The number of aromatic hydroxyl groups is 1. The average molecular weight is 593 g/mol. The highest BCUT2D eigenvalue weighted by atomic mass is 127. The van der Waals surface area contributed by atoms with Gasteiger partial charge in [0.15, 0.2) is 0 Å². The number of fused-ring (bicyclic) bond motifs is 1. The second kappa shape index (κ2) is 9.76. The van der Waals surface area contributed by atoms with E-state index in [4.69, 9.17) is 11.6 Å². The van der Waals surface area contributed by atoms with Crippen LogP contribution in [0.4, 0.5) is 10.7 Å². The number of hydrogen-bond donors (Lipinski definition) is 2. The number of para-hydroxylation sites is 1. The number of anilines is 1. The van der Waals surface area contributed by atoms with E-state index >= 15 is 0 Å². The highest BCUT2D eigenvalue weighted by molar-refractivity contribution is 14.1. The van der Waals surface area contributed by atoms with Crippen LogP contribution in [-0.2, 0) is 12.8 Å². The van der Waals surface area contributed by atoms with E-state index in [0.29, 0.717) is 30.6 Å². The van der Waals surface area contributed by atoms with Crippen LogP contribution in [-0.4, -0.2) is 17.2 Å². The summed E-state index contributed by atoms with van der Waals surface area (Å²) < 4.78 is 0.655. The molecule has 3 aromatic rings. The number of aliphatic imine (C=N–C) groups is 1. The number of hydrogen-bond acceptors (Lipinski definition) is 4. The third kappa shape index (κ3) is 5.44. The van der Waals surface area contributed by atoms with Crippen LogP contribution in [0.2, 0.25) is 5.02 Å². The van der Waals surface area contributed by atoms with Gasteiger partial charge in [-0.2, -0.15) is 0 Å². The number of phenols is 1. The summed E-state index contributed by atoms with van der Waals surface area (Å²) in [5, 5.41) is 14.6. The quantitative estimate of drug-likeness (QED) is 0.239. The Labute approximate surface area is 217 Å². The predicted octanol–water partition coefficient (Wildman–Crippen LogP) is 7.87. The molecule has 1 aliphatic rings. The van der Waals surface area contributed by atoms with Gasteiger partial charge < -0.3 is 10.4 Å². The lowest BCUT2D eigenvalue weighted by Gasteiger charge is -2.33. The molecule has 7 heteroatoms. The van der Waals surface area contributed by atoms with Crippen LogP contribution < -0.4 is 5.32 Å². The minimum absolute atomic E-state index is 0.133. The standard InChI is InChI=1S/C26H26ClIN2O2S/c1-26(2,3)16-9-10-19-21(12-16)33-25(22(19)24(32)30-18-7-5-4-6-8-18)29-14-15-11-17(27)13-20(28)23(15)31/h4-8,11,13-14,16,31H,9-10,12H2,1-3H3,(H,30,32)/t16-/m0/s1. The lowest BCUT2D eigenvalue weighted by Crippen LogP contribution is -2.27. The second-order valence-corrected chi connectivity index (χ2v) is 12.1. The van der Waals surface area contributed by atoms with Crippen molar-refractivity contribution < 1.29 is 9.90 Å². The first-order valence-electron chi connectivity index (χ1n) is 10.9. The maximum atomic E-state index is 13.4. The first kappa shape index (κ1) is 24.2. The Bertz CT molecular complexity index is 1220. The van der Waals surface area contributed by atoms with Crippen LogP contribution >= 0.6 is 45.5 Å². The van der Waals surface area contributed by atoms with E-state index in [9.17, 15) is 9.90 Å². The van der Waals surface area contributed by atoms with E-state index < -0.39 is 0 Å². The molecule has 0 spiro atoms. The maximum absolute atomic E-state index is 13.4. The number of phenolic OH excluding ortho intramolecular Hbond substituents is 1. The van der Waals surface area contributed by atoms with E-state index in [1.807, 2.05) is 52.9 Å². The van der Waals surface area contributed by atoms with Crippen LogP contribution in [0.1, 0.15) is 53.6 Å². The SMILES string of the molecule is CC(C)(C)[C@H]1CCc2c(sc(N=Cc3cc(Cl)cc(I)c3O)c2C(=O)Nc2ccccc2)C1. The Balaban J connectivity index is 1.74. The molecule has 1 aliphatic carbocycles. The van der Waals surface area contributed by atoms with Gasteiger partial charge in [-0.15, -0.1) is 11.3 Å². The molecular weight excluding hydrogens is 567 g/mol. The first-order valence-corrected chi connectivity index (χ1v) is 13.1. The number of nitrogens with one attached hydrogen (secondary N) is 1. The van der Waals surface area contributed by atoms with Crippen LogP contribution in [0.5, 0.6) is 5.75 Å². The van der Waals surface area contributed by atoms with Gasteiger partial charge in [-0.1, -0.05) is 50.6 Å². The average Bonchev–Trinajstić information content (AvgIpc) is 3.13. The van der Waals surface area contributed by atoms with Crippen LogP contribution in [0.3, 0.4) is 0 Å². The van der Waals surface area contributed by atoms with Crippen molar-refractivity contribution in [2.45, 2.75) is 40.0 Å². The van der Waals surface area contributed by atoms with Crippen LogP contribution in [0.25, 0.3) is 0 Å². The largest absolute Gasteiger partial charge is 0.506 e. The molecule has 0 bridgehead atoms. The summed E-state index contributed by atoms with van der Waals surface area (Å²) in [6, 6.07) is 12.8. The van der Waals surface area contributed by atoms with Gasteiger partial charge in [0.1, 0.15) is 10.8 Å². The third-order valence-electron chi connectivity index (χ3n) is 6.11. The minimum atomic E-state index is -0.148. The predicted molar refractivity (Wildman–Crippen MR) is 147 cm³/mol. The molecule has 0 unspecified atom stereocenters. The molecule has 0 fully saturated rings. The molecule has 2 aromatic carbocycles. The van der Waals surface area contributed by atoms with Crippen molar-refractivity contribution in [1.29, 1.82) is 0 Å². The summed E-state index contributed by atoms with van der Waals surface area (Å²) in [6.45, 7) is 6.84. The first-order chi connectivity index (χ1) is 15.6. The molecule has 0 saturated heterocycles. The zero-order chi connectivity index (χ0) is 23.8. The zero-order valence-electron chi connectivity index (χ0n) is 18.8. The Hall–Kier alpha value is -1.90. The minimum Gasteiger partial charge on any atom is -0.506 e. The van der Waals surface area contributed by atoms with Crippen molar-refractivity contribution in [2.75, 3.05) is 5.32 Å². The van der Waals surface area contributed by atoms with Gasteiger partial charge in [0, 0.05) is 27.4 Å². The van der Waals surface area contributed by atoms with E-state index in [1.165, 1.54) is 4.88 Å². The van der Waals surface area contributed by atoms with E-state index in [1.54, 1.807) is 29.7 Å². The Morgan fingerprint density at radius 3 is 2.70 bits per heavy atom. The van der Waals surface area contributed by atoms with Gasteiger partial charge in [0.05, 0.1) is 9.13 Å². The van der Waals surface area contributed by atoms with Gasteiger partial charge in [-0.05, 0) is 83.0 Å². The van der Waals surface area contributed by atoms with Crippen molar-refractivity contribution in [2.24, 2.45) is 16.3 Å². The van der Waals surface area contributed by atoms with Gasteiger partial charge in [-0.25, -0.2) is 4.99 Å². The van der Waals surface area contributed by atoms with Gasteiger partial charge in [0.2, 0.25) is 0 Å². The van der Waals surface area contributed by atoms with Gasteiger partial charge in [-0.3, -0.25) is 4.79 Å². The van der Waals surface area contributed by atoms with Crippen molar-refractivity contribution >= 4 is 68.3 Å². The van der Waals surface area contributed by atoms with Crippen molar-refractivity contribution in [3.05, 3.63) is 72.6 Å². The van der Waals surface area contributed by atoms with Crippen LogP contribution in [0.15, 0.2) is 47.5 Å². The number of rotatable bonds is 4. The molecule has 4 rings (SSSR count). The summed E-state index contributed by atoms with van der Waals surface area (Å²) in [5.74, 6) is 0.544. The summed E-state index contributed by atoms with van der Waals surface area (Å²) in [4.78, 5) is 19.3. The van der Waals surface area contributed by atoms with Crippen LogP contribution in [0, 0.1) is 14.9 Å². The number of benzene rings is 2. The molecule has 1 amide bonds. The molecule has 4 nitrogen and oxygen atoms in total. The summed E-state index contributed by atoms with van der Waals surface area (Å²) >= 11 is 9.80. The number of carbonyl (C=O) groups is 1. The summed E-state index contributed by atoms with van der Waals surface area (Å²) in [5.41, 5.74) is 3.23. The number of halogens is 2. The topological polar surface area (TPSA) is 61.7 Å². The Morgan fingerprint density at radius 2 is 2.00 bits per heavy atom. The third-order valence-corrected chi connectivity index (χ3v) is 8.31. The number of amides is 1. The molecule has 1 atom stereocenters. The highest BCUT2D eigenvalue weighted by Gasteiger charge is 2.33. The normalized spacial score (nSPS) is 16.1. The summed E-state index contributed by atoms with van der Waals surface area (Å²) in [6.07, 6.45) is 4.46. The monoisotopic (exact) mass is 592 g/mol. The second-order valence-electron chi connectivity index (χ2n) is 9.39. The van der Waals surface area contributed by atoms with E-state index in [-0.39, 0.29) is 17.1 Å². The lowest BCUT2D eigenvalue weighted by molar-refractivity contribution is 0.102. The van der Waals surface area contributed by atoms with Crippen molar-refractivity contribution in [1.82, 2.24) is 0 Å². The molecule has 0 radical (unpaired) electrons. The molecule has 33 heavy (non-hydrogen) atoms. The van der Waals surface area contributed by atoms with Crippen molar-refractivity contribution in [3.63, 3.8) is 0 Å². The summed E-state index contributed by atoms with van der Waals surface area (Å²) in [7, 11) is 0. The van der Waals surface area contributed by atoms with Gasteiger partial charge >= 0.3 is 0 Å². The lowest BCUT2D eigenvalue weighted by atomic mass is 9.72. The highest BCUT2D eigenvalue weighted by Crippen LogP contribution is 2.45. The molecule has 0 aliphatic heterocycles. The van der Waals surface area contributed by atoms with E-state index in [2.05, 4.69) is 31.1 Å². The Morgan fingerprint density at radius 1 is 1.27 bits per heavy atom. The fourth-order valence-corrected chi connectivity index (χ4v) is 6.49. The molecule has 1 aromatic heterocycles. The molecule has 2 N–H and O–H groups in total. The van der Waals surface area contributed by atoms with Gasteiger partial charge in [0.25, 0.3) is 5.91 Å². The maximum Gasteiger partial charge on any atom is 0.259 e. The smallest absolute Gasteiger partial charge is 0.259 e. The molecule has 172 valence electrons. The van der Waals surface area contributed by atoms with E-state index in [0.717, 1.165) is 30.5 Å². The number of carbonyl (C=O) groups excluding carboxylic acids is 1.